The van der Waals surface area contributed by atoms with Crippen LogP contribution < -0.4 is 5.32 Å². The lowest BCUT2D eigenvalue weighted by Gasteiger charge is -2.09. The Labute approximate surface area is 95.1 Å². The van der Waals surface area contributed by atoms with Crippen molar-refractivity contribution in [2.75, 3.05) is 12.3 Å². The summed E-state index contributed by atoms with van der Waals surface area (Å²) in [6, 6.07) is -0.617. The number of carbonyl (C=O) groups excluding carboxylic acids is 2. The number of carbonyl (C=O) groups is 2. The van der Waals surface area contributed by atoms with E-state index in [-0.39, 0.29) is 18.0 Å². The van der Waals surface area contributed by atoms with Gasteiger partial charge in [-0.1, -0.05) is 25.5 Å². The molecule has 5 heteroatoms. The summed E-state index contributed by atoms with van der Waals surface area (Å²) in [5.41, 5.74) is 0. The van der Waals surface area contributed by atoms with Crippen LogP contribution in [0.3, 0.4) is 0 Å². The molecule has 0 spiro atoms. The van der Waals surface area contributed by atoms with E-state index in [1.807, 2.05) is 13.0 Å². The standard InChI is InChI=1S/C10H16N2O2S/c1-2-5-8-9(13)12(10(14)11-8)6-3-4-7-15/h3-4,8,15H,2,5-7H2,1H3,(H,11,14). The Morgan fingerprint density at radius 3 is 2.80 bits per heavy atom. The Morgan fingerprint density at radius 1 is 1.47 bits per heavy atom. The molecule has 1 N–H and O–H groups in total. The van der Waals surface area contributed by atoms with Crippen molar-refractivity contribution in [3.63, 3.8) is 0 Å². The lowest BCUT2D eigenvalue weighted by Crippen LogP contribution is -2.31. The quantitative estimate of drug-likeness (QED) is 0.422. The molecule has 0 aromatic heterocycles. The largest absolute Gasteiger partial charge is 0.326 e. The van der Waals surface area contributed by atoms with Crippen LogP contribution in [0.1, 0.15) is 19.8 Å². The summed E-state index contributed by atoms with van der Waals surface area (Å²) in [5.74, 6) is 0.493. The van der Waals surface area contributed by atoms with Crippen molar-refractivity contribution >= 4 is 24.6 Å². The molecule has 1 heterocycles. The van der Waals surface area contributed by atoms with Gasteiger partial charge in [0.25, 0.3) is 5.91 Å². The van der Waals surface area contributed by atoms with Gasteiger partial charge >= 0.3 is 6.03 Å². The molecule has 1 saturated heterocycles. The average Bonchev–Trinajstić information content (AvgIpc) is 2.46. The molecule has 1 aliphatic rings. The Balaban J connectivity index is 2.54. The highest BCUT2D eigenvalue weighted by atomic mass is 32.1. The van der Waals surface area contributed by atoms with Crippen LogP contribution in [0.5, 0.6) is 0 Å². The monoisotopic (exact) mass is 228 g/mol. The fraction of sp³-hybridized carbons (Fsp3) is 0.600. The van der Waals surface area contributed by atoms with Gasteiger partial charge in [0, 0.05) is 12.3 Å². The summed E-state index contributed by atoms with van der Waals surface area (Å²) in [4.78, 5) is 24.3. The highest BCUT2D eigenvalue weighted by molar-refractivity contribution is 7.80. The molecule has 1 aliphatic heterocycles. The van der Waals surface area contributed by atoms with Crippen LogP contribution >= 0.6 is 12.6 Å². The molecule has 1 unspecified atom stereocenters. The van der Waals surface area contributed by atoms with E-state index in [0.29, 0.717) is 18.7 Å². The van der Waals surface area contributed by atoms with Crippen molar-refractivity contribution < 1.29 is 9.59 Å². The lowest BCUT2D eigenvalue weighted by atomic mass is 10.2. The SMILES string of the molecule is CCCC1NC(=O)N(CC=CCS)C1=O. The van der Waals surface area contributed by atoms with Gasteiger partial charge in [0.2, 0.25) is 0 Å². The number of thiol groups is 1. The predicted molar refractivity (Wildman–Crippen MR) is 61.9 cm³/mol. The van der Waals surface area contributed by atoms with Gasteiger partial charge in [-0.2, -0.15) is 12.6 Å². The summed E-state index contributed by atoms with van der Waals surface area (Å²) >= 11 is 4.00. The smallest absolute Gasteiger partial charge is 0.325 e. The summed E-state index contributed by atoms with van der Waals surface area (Å²) in [5, 5.41) is 2.67. The number of nitrogens with one attached hydrogen (secondary N) is 1. The first kappa shape index (κ1) is 12.1. The number of imide groups is 1. The minimum Gasteiger partial charge on any atom is -0.326 e. The van der Waals surface area contributed by atoms with E-state index in [2.05, 4.69) is 17.9 Å². The molecule has 0 bridgehead atoms. The Morgan fingerprint density at radius 2 is 2.20 bits per heavy atom. The van der Waals surface area contributed by atoms with Crippen LogP contribution in [0.2, 0.25) is 0 Å². The summed E-state index contributed by atoms with van der Waals surface area (Å²) in [6.45, 7) is 2.33. The minimum absolute atomic E-state index is 0.120. The zero-order valence-corrected chi connectivity index (χ0v) is 9.67. The van der Waals surface area contributed by atoms with E-state index in [4.69, 9.17) is 0 Å². The van der Waals surface area contributed by atoms with E-state index >= 15 is 0 Å². The van der Waals surface area contributed by atoms with Crippen LogP contribution in [0, 0.1) is 0 Å². The van der Waals surface area contributed by atoms with Crippen LogP contribution in [-0.2, 0) is 4.79 Å². The molecule has 1 fully saturated rings. The number of nitrogens with zero attached hydrogens (tertiary/aromatic N) is 1. The molecular formula is C10H16N2O2S. The van der Waals surface area contributed by atoms with E-state index in [0.717, 1.165) is 6.42 Å². The van der Waals surface area contributed by atoms with E-state index < -0.39 is 0 Å². The minimum atomic E-state index is -0.327. The van der Waals surface area contributed by atoms with Gasteiger partial charge in [0.1, 0.15) is 6.04 Å². The number of amides is 3. The van der Waals surface area contributed by atoms with Crippen molar-refractivity contribution in [3.8, 4) is 0 Å². The maximum atomic E-state index is 11.7. The van der Waals surface area contributed by atoms with Crippen LogP contribution in [0.4, 0.5) is 4.79 Å². The second kappa shape index (κ2) is 5.80. The Kier molecular flexibility index (Phi) is 4.68. The molecule has 0 aromatic carbocycles. The normalized spacial score (nSPS) is 21.5. The van der Waals surface area contributed by atoms with Crippen molar-refractivity contribution in [2.45, 2.75) is 25.8 Å². The first-order valence-corrected chi connectivity index (χ1v) is 5.71. The highest BCUT2D eigenvalue weighted by Crippen LogP contribution is 2.10. The molecule has 0 aliphatic carbocycles. The Hall–Kier alpha value is -0.970. The van der Waals surface area contributed by atoms with E-state index in [9.17, 15) is 9.59 Å². The number of urea groups is 1. The maximum Gasteiger partial charge on any atom is 0.325 e. The Bertz CT molecular complexity index is 279. The molecular weight excluding hydrogens is 212 g/mol. The molecule has 3 amide bonds. The van der Waals surface area contributed by atoms with Gasteiger partial charge in [-0.05, 0) is 6.42 Å². The summed E-state index contributed by atoms with van der Waals surface area (Å²) in [6.07, 6.45) is 5.18. The molecule has 0 saturated carbocycles. The number of hydrogen-bond donors (Lipinski definition) is 2. The van der Waals surface area contributed by atoms with Crippen LogP contribution in [0.25, 0.3) is 0 Å². The fourth-order valence-electron chi connectivity index (χ4n) is 1.49. The first-order valence-electron chi connectivity index (χ1n) is 5.08. The van der Waals surface area contributed by atoms with Crippen molar-refractivity contribution in [1.29, 1.82) is 0 Å². The highest BCUT2D eigenvalue weighted by Gasteiger charge is 2.36. The van der Waals surface area contributed by atoms with Crippen LogP contribution in [0.15, 0.2) is 12.2 Å². The fourth-order valence-corrected chi connectivity index (χ4v) is 1.64. The molecule has 1 atom stereocenters. The van der Waals surface area contributed by atoms with Crippen LogP contribution in [-0.4, -0.2) is 35.2 Å². The average molecular weight is 228 g/mol. The van der Waals surface area contributed by atoms with Gasteiger partial charge in [-0.25, -0.2) is 4.79 Å². The molecule has 4 nitrogen and oxygen atoms in total. The third-order valence-corrected chi connectivity index (χ3v) is 2.46. The first-order chi connectivity index (χ1) is 7.20. The molecule has 0 aromatic rings. The molecule has 1 rings (SSSR count). The molecule has 15 heavy (non-hydrogen) atoms. The van der Waals surface area contributed by atoms with Crippen molar-refractivity contribution in [3.05, 3.63) is 12.2 Å². The zero-order chi connectivity index (χ0) is 11.3. The third kappa shape index (κ3) is 2.99. The van der Waals surface area contributed by atoms with E-state index in [1.54, 1.807) is 6.08 Å². The van der Waals surface area contributed by atoms with Crippen molar-refractivity contribution in [1.82, 2.24) is 10.2 Å². The summed E-state index contributed by atoms with van der Waals surface area (Å²) in [7, 11) is 0. The van der Waals surface area contributed by atoms with Crippen molar-refractivity contribution in [2.24, 2.45) is 0 Å². The molecule has 0 radical (unpaired) electrons. The van der Waals surface area contributed by atoms with Gasteiger partial charge in [0.15, 0.2) is 0 Å². The van der Waals surface area contributed by atoms with Gasteiger partial charge in [0.05, 0.1) is 0 Å². The predicted octanol–water partition coefficient (Wildman–Crippen LogP) is 1.19. The second-order valence-corrected chi connectivity index (χ2v) is 3.76. The van der Waals surface area contributed by atoms with Gasteiger partial charge in [-0.3, -0.25) is 9.69 Å². The van der Waals surface area contributed by atoms with Gasteiger partial charge < -0.3 is 5.32 Å². The third-order valence-electron chi connectivity index (χ3n) is 2.24. The topological polar surface area (TPSA) is 49.4 Å². The summed E-state index contributed by atoms with van der Waals surface area (Å²) < 4.78 is 0. The maximum absolute atomic E-state index is 11.7. The van der Waals surface area contributed by atoms with Gasteiger partial charge in [-0.15, -0.1) is 0 Å². The lowest BCUT2D eigenvalue weighted by molar-refractivity contribution is -0.127. The second-order valence-electron chi connectivity index (χ2n) is 3.39. The zero-order valence-electron chi connectivity index (χ0n) is 8.77. The van der Waals surface area contributed by atoms with E-state index in [1.165, 1.54) is 4.90 Å². The number of rotatable bonds is 5. The molecule has 84 valence electrons. The number of hydrogen-bond acceptors (Lipinski definition) is 3.